The third-order valence-corrected chi connectivity index (χ3v) is 2.70. The minimum absolute atomic E-state index is 0.0765. The number of hydrogen-bond acceptors (Lipinski definition) is 4. The molecule has 0 saturated carbocycles. The Morgan fingerprint density at radius 1 is 1.50 bits per heavy atom. The van der Waals surface area contributed by atoms with Gasteiger partial charge in [0.25, 0.3) is 0 Å². The van der Waals surface area contributed by atoms with E-state index < -0.39 is 23.6 Å². The molecule has 0 radical (unpaired) electrons. The van der Waals surface area contributed by atoms with Crippen LogP contribution in [0.2, 0.25) is 0 Å². The van der Waals surface area contributed by atoms with E-state index >= 15 is 0 Å². The number of aromatic nitrogens is 2. The van der Waals surface area contributed by atoms with Crippen LogP contribution in [0.4, 0.5) is 14.7 Å². The molecule has 96 valence electrons. The summed E-state index contributed by atoms with van der Waals surface area (Å²) in [5.41, 5.74) is 5.66. The zero-order valence-electron chi connectivity index (χ0n) is 9.78. The molecule has 18 heavy (non-hydrogen) atoms. The Bertz CT molecular complexity index is 624. The highest BCUT2D eigenvalue weighted by atomic mass is 19.2. The Balaban J connectivity index is 2.73. The minimum atomic E-state index is -1.09. The maximum atomic E-state index is 13.8. The van der Waals surface area contributed by atoms with Crippen molar-refractivity contribution in [1.29, 1.82) is 0 Å². The fourth-order valence-corrected chi connectivity index (χ4v) is 1.81. The molecule has 1 unspecified atom stereocenters. The zero-order chi connectivity index (χ0) is 13.4. The highest BCUT2D eigenvalue weighted by Gasteiger charge is 2.24. The molecule has 1 atom stereocenters. The first-order valence-electron chi connectivity index (χ1n) is 5.16. The monoisotopic (exact) mass is 255 g/mol. The molecule has 5 nitrogen and oxygen atoms in total. The van der Waals surface area contributed by atoms with E-state index in [0.29, 0.717) is 0 Å². The number of nitrogens with zero attached hydrogens (tertiary/aromatic N) is 2. The molecule has 1 aromatic carbocycles. The van der Waals surface area contributed by atoms with Crippen molar-refractivity contribution in [2.45, 2.75) is 13.0 Å². The number of nitrogens with two attached hydrogens (primary N) is 1. The molecule has 0 bridgehead atoms. The van der Waals surface area contributed by atoms with Crippen LogP contribution in [0.5, 0.6) is 0 Å². The molecule has 2 aromatic rings. The van der Waals surface area contributed by atoms with Gasteiger partial charge in [-0.15, -0.1) is 0 Å². The number of benzene rings is 1. The molecule has 0 saturated heterocycles. The molecule has 7 heteroatoms. The van der Waals surface area contributed by atoms with Crippen LogP contribution in [0.15, 0.2) is 12.1 Å². The summed E-state index contributed by atoms with van der Waals surface area (Å²) in [6.07, 6.45) is 0. The molecule has 1 aromatic heterocycles. The summed E-state index contributed by atoms with van der Waals surface area (Å²) in [6.45, 7) is 1.47. The van der Waals surface area contributed by atoms with Gasteiger partial charge in [0.1, 0.15) is 11.6 Å². The normalized spacial score (nSPS) is 12.7. The molecule has 0 aliphatic carbocycles. The van der Waals surface area contributed by atoms with Gasteiger partial charge in [0.2, 0.25) is 5.95 Å². The van der Waals surface area contributed by atoms with Crippen molar-refractivity contribution < 1.29 is 18.3 Å². The number of rotatable bonds is 2. The third-order valence-electron chi connectivity index (χ3n) is 2.70. The molecule has 1 heterocycles. The van der Waals surface area contributed by atoms with Crippen LogP contribution >= 0.6 is 0 Å². The van der Waals surface area contributed by atoms with Crippen molar-refractivity contribution in [3.63, 3.8) is 0 Å². The number of esters is 1. The number of carbonyl (C=O) groups is 1. The summed E-state index contributed by atoms with van der Waals surface area (Å²) in [5, 5.41) is 0. The summed E-state index contributed by atoms with van der Waals surface area (Å²) in [7, 11) is 1.20. The van der Waals surface area contributed by atoms with Crippen molar-refractivity contribution in [1.82, 2.24) is 9.55 Å². The lowest BCUT2D eigenvalue weighted by molar-refractivity contribution is -0.143. The average molecular weight is 255 g/mol. The number of imidazole rings is 1. The largest absolute Gasteiger partial charge is 0.467 e. The summed E-state index contributed by atoms with van der Waals surface area (Å²) in [4.78, 5) is 15.3. The smallest absolute Gasteiger partial charge is 0.328 e. The maximum absolute atomic E-state index is 13.8. The summed E-state index contributed by atoms with van der Waals surface area (Å²) in [6, 6.07) is 1.36. The van der Waals surface area contributed by atoms with Crippen LogP contribution in [0, 0.1) is 11.6 Å². The van der Waals surface area contributed by atoms with E-state index in [1.165, 1.54) is 20.1 Å². The molecular weight excluding hydrogens is 244 g/mol. The lowest BCUT2D eigenvalue weighted by Gasteiger charge is -2.13. The molecule has 0 amide bonds. The Morgan fingerprint density at radius 2 is 2.17 bits per heavy atom. The fourth-order valence-electron chi connectivity index (χ4n) is 1.81. The van der Waals surface area contributed by atoms with Gasteiger partial charge in [-0.1, -0.05) is 0 Å². The van der Waals surface area contributed by atoms with Crippen molar-refractivity contribution >= 4 is 23.0 Å². The van der Waals surface area contributed by atoms with Gasteiger partial charge in [-0.05, 0) is 19.1 Å². The SMILES string of the molecule is COC(=O)C(C)n1c(N)nc2ccc(F)c(F)c21. The quantitative estimate of drug-likeness (QED) is 0.828. The van der Waals surface area contributed by atoms with Crippen LogP contribution in [0.25, 0.3) is 11.0 Å². The first kappa shape index (κ1) is 12.3. The lowest BCUT2D eigenvalue weighted by atomic mass is 10.2. The van der Waals surface area contributed by atoms with Gasteiger partial charge < -0.3 is 10.5 Å². The second kappa shape index (κ2) is 4.25. The van der Waals surface area contributed by atoms with E-state index in [9.17, 15) is 13.6 Å². The molecule has 2 rings (SSSR count). The predicted molar refractivity (Wildman–Crippen MR) is 60.8 cm³/mol. The van der Waals surface area contributed by atoms with Crippen LogP contribution < -0.4 is 5.73 Å². The predicted octanol–water partition coefficient (Wildman–Crippen LogP) is 1.63. The van der Waals surface area contributed by atoms with E-state index in [0.717, 1.165) is 10.6 Å². The first-order chi connectivity index (χ1) is 8.47. The molecule has 0 aliphatic rings. The van der Waals surface area contributed by atoms with E-state index in [1.54, 1.807) is 0 Å². The van der Waals surface area contributed by atoms with E-state index in [-0.39, 0.29) is 17.0 Å². The number of carbonyl (C=O) groups excluding carboxylic acids is 1. The topological polar surface area (TPSA) is 70.1 Å². The van der Waals surface area contributed by atoms with Gasteiger partial charge in [-0.25, -0.2) is 18.6 Å². The first-order valence-corrected chi connectivity index (χ1v) is 5.16. The molecular formula is C11H11F2N3O2. The summed E-state index contributed by atoms with van der Waals surface area (Å²) >= 11 is 0. The van der Waals surface area contributed by atoms with E-state index in [1.807, 2.05) is 0 Å². The number of methoxy groups -OCH3 is 1. The number of ether oxygens (including phenoxy) is 1. The van der Waals surface area contributed by atoms with Crippen LogP contribution in [-0.2, 0) is 9.53 Å². The van der Waals surface area contributed by atoms with E-state index in [4.69, 9.17) is 5.73 Å². The Hall–Kier alpha value is -2.18. The molecule has 0 fully saturated rings. The highest BCUT2D eigenvalue weighted by molar-refractivity contribution is 5.83. The summed E-state index contributed by atoms with van der Waals surface area (Å²) in [5.74, 6) is -2.81. The van der Waals surface area contributed by atoms with Crippen LogP contribution in [-0.4, -0.2) is 22.6 Å². The number of fused-ring (bicyclic) bond motifs is 1. The Labute approximate surface area is 101 Å². The lowest BCUT2D eigenvalue weighted by Crippen LogP contribution is -2.19. The van der Waals surface area contributed by atoms with Gasteiger partial charge in [-0.2, -0.15) is 0 Å². The van der Waals surface area contributed by atoms with Crippen LogP contribution in [0.1, 0.15) is 13.0 Å². The van der Waals surface area contributed by atoms with Crippen LogP contribution in [0.3, 0.4) is 0 Å². The van der Waals surface area contributed by atoms with Gasteiger partial charge in [-0.3, -0.25) is 4.57 Å². The zero-order valence-corrected chi connectivity index (χ0v) is 9.78. The number of hydrogen-bond donors (Lipinski definition) is 1. The molecule has 2 N–H and O–H groups in total. The number of anilines is 1. The second-order valence-corrected chi connectivity index (χ2v) is 3.77. The van der Waals surface area contributed by atoms with Crippen molar-refractivity contribution in [2.24, 2.45) is 0 Å². The molecule has 0 aliphatic heterocycles. The molecule has 0 spiro atoms. The van der Waals surface area contributed by atoms with Gasteiger partial charge in [0.15, 0.2) is 11.6 Å². The maximum Gasteiger partial charge on any atom is 0.328 e. The second-order valence-electron chi connectivity index (χ2n) is 3.77. The fraction of sp³-hybridized carbons (Fsp3) is 0.273. The Kier molecular flexibility index (Phi) is 2.90. The highest BCUT2D eigenvalue weighted by Crippen LogP contribution is 2.27. The van der Waals surface area contributed by atoms with Gasteiger partial charge in [0, 0.05) is 0 Å². The minimum Gasteiger partial charge on any atom is -0.467 e. The average Bonchev–Trinajstić information content (AvgIpc) is 2.69. The van der Waals surface area contributed by atoms with E-state index in [2.05, 4.69) is 9.72 Å². The van der Waals surface area contributed by atoms with Gasteiger partial charge in [0.05, 0.1) is 12.6 Å². The Morgan fingerprint density at radius 3 is 2.78 bits per heavy atom. The number of halogens is 2. The standard InChI is InChI=1S/C11H11F2N3O2/c1-5(10(17)18-2)16-9-7(15-11(16)14)4-3-6(12)8(9)13/h3-5H,1-2H3,(H2,14,15). The number of nitrogen functional groups attached to an aromatic ring is 1. The van der Waals surface area contributed by atoms with Crippen molar-refractivity contribution in [3.8, 4) is 0 Å². The van der Waals surface area contributed by atoms with Gasteiger partial charge >= 0.3 is 5.97 Å². The van der Waals surface area contributed by atoms with Crippen molar-refractivity contribution in [2.75, 3.05) is 12.8 Å². The third kappa shape index (κ3) is 1.68. The van der Waals surface area contributed by atoms with Crippen molar-refractivity contribution in [3.05, 3.63) is 23.8 Å². The summed E-state index contributed by atoms with van der Waals surface area (Å²) < 4.78 is 32.6.